The molecule has 0 bridgehead atoms. The van der Waals surface area contributed by atoms with Crippen LogP contribution in [0.4, 0.5) is 0 Å². The third kappa shape index (κ3) is 5.47. The molecule has 1 fully saturated rings. The van der Waals surface area contributed by atoms with Crippen LogP contribution < -0.4 is 15.0 Å². The highest BCUT2D eigenvalue weighted by molar-refractivity contribution is 7.89. The van der Waals surface area contributed by atoms with Crippen molar-refractivity contribution in [3.8, 4) is 17.1 Å². The molecule has 196 valence electrons. The Labute approximate surface area is 219 Å². The molecule has 0 radical (unpaired) electrons. The summed E-state index contributed by atoms with van der Waals surface area (Å²) in [7, 11) is -2.48. The summed E-state index contributed by atoms with van der Waals surface area (Å²) in [5.74, 6) is 0.322. The lowest BCUT2D eigenvalue weighted by molar-refractivity contribution is 0.297. The fraction of sp³-hybridized carbons (Fsp3) is 0.560. The maximum atomic E-state index is 13.3. The fourth-order valence-electron chi connectivity index (χ4n) is 4.37. The molecular weight excluding hydrogens is 480 g/mol. The van der Waals surface area contributed by atoms with E-state index in [0.717, 1.165) is 6.42 Å². The van der Waals surface area contributed by atoms with E-state index in [1.807, 2.05) is 6.92 Å². The van der Waals surface area contributed by atoms with E-state index >= 15 is 0 Å². The molecule has 36 heavy (non-hydrogen) atoms. The summed E-state index contributed by atoms with van der Waals surface area (Å²) in [6.07, 6.45) is 0.716. The van der Waals surface area contributed by atoms with Crippen LogP contribution in [-0.4, -0.2) is 65.8 Å². The van der Waals surface area contributed by atoms with E-state index in [1.165, 1.54) is 34.8 Å². The zero-order chi connectivity index (χ0) is 30.2. The predicted molar refractivity (Wildman–Crippen MR) is 140 cm³/mol. The van der Waals surface area contributed by atoms with E-state index in [0.29, 0.717) is 38.2 Å². The third-order valence-electron chi connectivity index (χ3n) is 6.16. The molecular formula is C25H36N6O4S. The summed E-state index contributed by atoms with van der Waals surface area (Å²) >= 11 is 0. The third-order valence-corrected chi connectivity index (χ3v) is 7.62. The van der Waals surface area contributed by atoms with E-state index in [2.05, 4.69) is 19.8 Å². The van der Waals surface area contributed by atoms with Gasteiger partial charge in [0.15, 0.2) is 5.52 Å². The number of benzene rings is 1. The molecule has 11 heteroatoms. The number of nitrogens with zero attached hydrogens (tertiary/aromatic N) is 4. The van der Waals surface area contributed by atoms with Gasteiger partial charge in [0.05, 0.1) is 22.8 Å². The number of hydrogen-bond donors (Lipinski definition) is 2. The Balaban J connectivity index is 1.70. The van der Waals surface area contributed by atoms with Crippen molar-refractivity contribution in [3.05, 3.63) is 34.2 Å². The Bertz CT molecular complexity index is 1570. The Morgan fingerprint density at radius 3 is 2.92 bits per heavy atom. The molecule has 10 nitrogen and oxygen atoms in total. The van der Waals surface area contributed by atoms with Crippen molar-refractivity contribution in [2.45, 2.75) is 63.3 Å². The molecule has 4 rings (SSSR count). The molecule has 2 aromatic heterocycles. The van der Waals surface area contributed by atoms with E-state index in [1.54, 1.807) is 6.92 Å². The molecule has 0 saturated carbocycles. The van der Waals surface area contributed by atoms with E-state index in [4.69, 9.17) is 11.6 Å². The SMILES string of the molecule is [2H]C([2H])(CC)c1nn(C)c2c(=O)[nH]c(-c3cc(S(=O)(=O)NCCC4CCCN4C([2H])([2H])[2H])ccc3OCCC)nc12. The van der Waals surface area contributed by atoms with Gasteiger partial charge in [-0.1, -0.05) is 20.3 Å². The zero-order valence-electron chi connectivity index (χ0n) is 25.8. The molecule has 1 aliphatic rings. The van der Waals surface area contributed by atoms with Crippen LogP contribution in [0.3, 0.4) is 0 Å². The molecule has 1 aliphatic heterocycles. The van der Waals surface area contributed by atoms with E-state index in [9.17, 15) is 13.2 Å². The summed E-state index contributed by atoms with van der Waals surface area (Å²) in [5, 5.41) is 4.23. The molecule has 2 N–H and O–H groups in total. The van der Waals surface area contributed by atoms with Gasteiger partial charge in [0.2, 0.25) is 10.0 Å². The van der Waals surface area contributed by atoms with Crippen molar-refractivity contribution in [2.75, 3.05) is 26.7 Å². The minimum absolute atomic E-state index is 0.0179. The van der Waals surface area contributed by atoms with Gasteiger partial charge in [-0.15, -0.1) is 0 Å². The molecule has 3 aromatic rings. The topological polar surface area (TPSA) is 122 Å². The standard InChI is InChI=1S/C25H36N6O4S/c1-5-8-20-22-23(31(4)29-20)25(32)28-24(27-22)19-16-18(10-11-21(19)35-15-6-2)36(33,34)26-13-12-17-9-7-14-30(17)3/h10-11,16-17,26H,5-9,12-15H2,1-4H3,(H,27,28,32)/i3D3,8D2. The van der Waals surface area contributed by atoms with Gasteiger partial charge in [-0.3, -0.25) is 9.48 Å². The first kappa shape index (κ1) is 20.3. The largest absolute Gasteiger partial charge is 0.493 e. The molecule has 1 atom stereocenters. The maximum Gasteiger partial charge on any atom is 0.277 e. The van der Waals surface area contributed by atoms with E-state index in [-0.39, 0.29) is 52.0 Å². The minimum Gasteiger partial charge on any atom is -0.493 e. The quantitative estimate of drug-likeness (QED) is 0.398. The zero-order valence-corrected chi connectivity index (χ0v) is 21.6. The van der Waals surface area contributed by atoms with Crippen molar-refractivity contribution in [2.24, 2.45) is 7.05 Å². The predicted octanol–water partition coefficient (Wildman–Crippen LogP) is 2.83. The van der Waals surface area contributed by atoms with Crippen LogP contribution in [0.15, 0.2) is 27.9 Å². The monoisotopic (exact) mass is 521 g/mol. The van der Waals surface area contributed by atoms with Gasteiger partial charge in [0.25, 0.3) is 5.56 Å². The number of aromatic amines is 1. The van der Waals surface area contributed by atoms with Crippen molar-refractivity contribution in [3.63, 3.8) is 0 Å². The molecule has 0 spiro atoms. The first-order valence-electron chi connectivity index (χ1n) is 14.7. The van der Waals surface area contributed by atoms with Gasteiger partial charge >= 0.3 is 0 Å². The summed E-state index contributed by atoms with van der Waals surface area (Å²) in [4.78, 5) is 21.7. The Morgan fingerprint density at radius 2 is 2.17 bits per heavy atom. The highest BCUT2D eigenvalue weighted by atomic mass is 32.2. The van der Waals surface area contributed by atoms with Crippen LogP contribution >= 0.6 is 0 Å². The highest BCUT2D eigenvalue weighted by Gasteiger charge is 2.23. The Hall–Kier alpha value is -2.76. The summed E-state index contributed by atoms with van der Waals surface area (Å²) in [5.41, 5.74) is -0.135. The minimum atomic E-state index is -4.02. The number of fused-ring (bicyclic) bond motifs is 1. The van der Waals surface area contributed by atoms with E-state index < -0.39 is 28.9 Å². The number of hydrogen-bond acceptors (Lipinski definition) is 7. The highest BCUT2D eigenvalue weighted by Crippen LogP contribution is 2.31. The Kier molecular flexibility index (Phi) is 6.26. The number of aryl methyl sites for hydroxylation is 2. The van der Waals surface area contributed by atoms with Gasteiger partial charge in [-0.25, -0.2) is 18.1 Å². The number of nitrogens with one attached hydrogen (secondary N) is 2. The number of sulfonamides is 1. The lowest BCUT2D eigenvalue weighted by atomic mass is 10.1. The fourth-order valence-corrected chi connectivity index (χ4v) is 5.45. The van der Waals surface area contributed by atoms with Crippen molar-refractivity contribution >= 4 is 21.1 Å². The summed E-state index contributed by atoms with van der Waals surface area (Å²) in [6.45, 7) is 2.20. The number of H-pyrrole nitrogens is 1. The van der Waals surface area contributed by atoms with Gasteiger partial charge < -0.3 is 14.6 Å². The van der Waals surface area contributed by atoms with Crippen LogP contribution in [0, 0.1) is 0 Å². The molecule has 0 aliphatic carbocycles. The summed E-state index contributed by atoms with van der Waals surface area (Å²) < 4.78 is 76.1. The van der Waals surface area contributed by atoms with Crippen LogP contribution in [-0.2, 0) is 23.4 Å². The smallest absolute Gasteiger partial charge is 0.277 e. The summed E-state index contributed by atoms with van der Waals surface area (Å²) in [6, 6.07) is 3.99. The average Bonchev–Trinajstić information content (AvgIpc) is 3.52. The molecule has 1 saturated heterocycles. The number of ether oxygens (including phenoxy) is 1. The molecule has 0 amide bonds. The molecule has 1 unspecified atom stereocenters. The van der Waals surface area contributed by atoms with Crippen LogP contribution in [0.25, 0.3) is 22.4 Å². The van der Waals surface area contributed by atoms with Crippen LogP contribution in [0.5, 0.6) is 5.75 Å². The normalized spacial score (nSPS) is 19.5. The second-order valence-corrected chi connectivity index (χ2v) is 10.6. The number of aromatic nitrogens is 4. The number of rotatable bonds is 11. The van der Waals surface area contributed by atoms with Gasteiger partial charge in [-0.2, -0.15) is 5.10 Å². The van der Waals surface area contributed by atoms with Gasteiger partial charge in [0, 0.05) is 26.5 Å². The van der Waals surface area contributed by atoms with Gasteiger partial charge in [0.1, 0.15) is 17.1 Å². The number of likely N-dealkylation sites (tertiary alicyclic amines) is 1. The second kappa shape index (κ2) is 11.1. The maximum absolute atomic E-state index is 13.3. The lowest BCUT2D eigenvalue weighted by Crippen LogP contribution is -2.31. The second-order valence-electron chi connectivity index (χ2n) is 8.80. The van der Waals surface area contributed by atoms with Crippen molar-refractivity contribution < 1.29 is 20.0 Å². The lowest BCUT2D eigenvalue weighted by Gasteiger charge is -2.19. The van der Waals surface area contributed by atoms with Gasteiger partial charge in [-0.05, 0) is 63.8 Å². The first-order chi connectivity index (χ1) is 19.2. The van der Waals surface area contributed by atoms with Crippen molar-refractivity contribution in [1.29, 1.82) is 0 Å². The Morgan fingerprint density at radius 1 is 1.33 bits per heavy atom. The van der Waals surface area contributed by atoms with Crippen molar-refractivity contribution in [1.82, 2.24) is 29.4 Å². The average molecular weight is 522 g/mol. The first-order valence-corrected chi connectivity index (χ1v) is 13.7. The van der Waals surface area contributed by atoms with Crippen LogP contribution in [0.1, 0.15) is 58.5 Å². The molecule has 1 aromatic carbocycles. The molecule has 3 heterocycles. The van der Waals surface area contributed by atoms with Crippen LogP contribution in [0.2, 0.25) is 0 Å².